The van der Waals surface area contributed by atoms with Crippen LogP contribution in [0.5, 0.6) is 5.75 Å². The van der Waals surface area contributed by atoms with Crippen LogP contribution in [0.25, 0.3) is 10.9 Å². The molecule has 0 aliphatic heterocycles. The molecule has 3 aromatic rings. The second kappa shape index (κ2) is 5.97. The Morgan fingerprint density at radius 1 is 1.10 bits per heavy atom. The first-order chi connectivity index (χ1) is 10.3. The monoisotopic (exact) mass is 284 g/mol. The zero-order chi connectivity index (χ0) is 14.7. The van der Waals surface area contributed by atoms with E-state index < -0.39 is 0 Å². The second-order valence-electron chi connectivity index (χ2n) is 4.91. The maximum absolute atomic E-state index is 13.3. The molecule has 0 spiro atoms. The van der Waals surface area contributed by atoms with Gasteiger partial charge in [-0.3, -0.25) is 0 Å². The molecule has 0 saturated heterocycles. The minimum atomic E-state index is -0.223. The Morgan fingerprint density at radius 2 is 2.00 bits per heavy atom. The van der Waals surface area contributed by atoms with Crippen LogP contribution in [-0.2, 0) is 13.1 Å². The van der Waals surface area contributed by atoms with Gasteiger partial charge in [-0.05, 0) is 47.3 Å². The topological polar surface area (TPSA) is 40.2 Å². The normalized spacial score (nSPS) is 11.0. The lowest BCUT2D eigenvalue weighted by molar-refractivity contribution is 0.300. The standard InChI is InChI=1S/C17H17FN2O/c18-15-5-4-14-6-7-20(17(14)11-15)8-9-21-16-3-1-2-13(10-16)12-19/h1-7,10-11H,8-9,12,19H2. The third kappa shape index (κ3) is 3.06. The molecule has 3 nitrogen and oxygen atoms in total. The number of rotatable bonds is 5. The summed E-state index contributed by atoms with van der Waals surface area (Å²) in [4.78, 5) is 0. The Bertz CT molecular complexity index is 751. The number of ether oxygens (including phenoxy) is 1. The van der Waals surface area contributed by atoms with Gasteiger partial charge >= 0.3 is 0 Å². The molecule has 2 aromatic carbocycles. The molecule has 0 unspecified atom stereocenters. The predicted octanol–water partition coefficient (Wildman–Crippen LogP) is 3.32. The van der Waals surface area contributed by atoms with Gasteiger partial charge in [0.05, 0.1) is 12.1 Å². The van der Waals surface area contributed by atoms with Crippen LogP contribution >= 0.6 is 0 Å². The van der Waals surface area contributed by atoms with Gasteiger partial charge < -0.3 is 15.0 Å². The largest absolute Gasteiger partial charge is 0.492 e. The van der Waals surface area contributed by atoms with Crippen LogP contribution in [0.15, 0.2) is 54.7 Å². The molecule has 0 aliphatic carbocycles. The summed E-state index contributed by atoms with van der Waals surface area (Å²) in [5, 5.41) is 1.03. The molecule has 3 rings (SSSR count). The molecule has 0 atom stereocenters. The molecule has 1 aromatic heterocycles. The van der Waals surface area contributed by atoms with E-state index in [0.717, 1.165) is 22.2 Å². The van der Waals surface area contributed by atoms with Crippen LogP contribution < -0.4 is 10.5 Å². The minimum Gasteiger partial charge on any atom is -0.492 e. The number of nitrogens with two attached hydrogens (primary N) is 1. The Hall–Kier alpha value is -2.33. The maximum atomic E-state index is 13.3. The average Bonchev–Trinajstić information content (AvgIpc) is 2.90. The van der Waals surface area contributed by atoms with Crippen molar-refractivity contribution in [3.8, 4) is 5.75 Å². The lowest BCUT2D eigenvalue weighted by Gasteiger charge is -2.09. The van der Waals surface area contributed by atoms with Crippen molar-refractivity contribution in [1.82, 2.24) is 4.57 Å². The quantitative estimate of drug-likeness (QED) is 0.780. The van der Waals surface area contributed by atoms with Crippen molar-refractivity contribution in [2.75, 3.05) is 6.61 Å². The molecule has 4 heteroatoms. The fraction of sp³-hybridized carbons (Fsp3) is 0.176. The number of nitrogens with zero attached hydrogens (tertiary/aromatic N) is 1. The summed E-state index contributed by atoms with van der Waals surface area (Å²) >= 11 is 0. The fourth-order valence-electron chi connectivity index (χ4n) is 2.38. The molecule has 0 amide bonds. The van der Waals surface area contributed by atoms with Crippen molar-refractivity contribution >= 4 is 10.9 Å². The van der Waals surface area contributed by atoms with Gasteiger partial charge in [-0.2, -0.15) is 0 Å². The van der Waals surface area contributed by atoms with Crippen molar-refractivity contribution in [2.24, 2.45) is 5.73 Å². The smallest absolute Gasteiger partial charge is 0.125 e. The SMILES string of the molecule is NCc1cccc(OCCn2ccc3ccc(F)cc32)c1. The molecule has 1 heterocycles. The molecule has 0 bridgehead atoms. The molecular weight excluding hydrogens is 267 g/mol. The van der Waals surface area contributed by atoms with Crippen molar-refractivity contribution in [1.29, 1.82) is 0 Å². The molecule has 0 fully saturated rings. The van der Waals surface area contributed by atoms with Crippen LogP contribution in [0.4, 0.5) is 4.39 Å². The van der Waals surface area contributed by atoms with Crippen LogP contribution in [0, 0.1) is 5.82 Å². The summed E-state index contributed by atoms with van der Waals surface area (Å²) in [6.07, 6.45) is 1.95. The van der Waals surface area contributed by atoms with E-state index in [1.807, 2.05) is 41.1 Å². The first-order valence-electron chi connectivity index (χ1n) is 6.92. The molecule has 108 valence electrons. The van der Waals surface area contributed by atoms with E-state index in [4.69, 9.17) is 10.5 Å². The van der Waals surface area contributed by atoms with Crippen molar-refractivity contribution in [3.63, 3.8) is 0 Å². The third-order valence-electron chi connectivity index (χ3n) is 3.47. The lowest BCUT2D eigenvalue weighted by Crippen LogP contribution is -2.07. The summed E-state index contributed by atoms with van der Waals surface area (Å²) in [6, 6.07) is 14.5. The molecule has 2 N–H and O–H groups in total. The molecule has 21 heavy (non-hydrogen) atoms. The highest BCUT2D eigenvalue weighted by Gasteiger charge is 2.03. The highest BCUT2D eigenvalue weighted by atomic mass is 19.1. The molecule has 0 saturated carbocycles. The van der Waals surface area contributed by atoms with Crippen LogP contribution in [0.2, 0.25) is 0 Å². The fourth-order valence-corrected chi connectivity index (χ4v) is 2.38. The first kappa shape index (κ1) is 13.6. The van der Waals surface area contributed by atoms with E-state index in [2.05, 4.69) is 0 Å². The minimum absolute atomic E-state index is 0.223. The maximum Gasteiger partial charge on any atom is 0.125 e. The summed E-state index contributed by atoms with van der Waals surface area (Å²) in [5.41, 5.74) is 7.53. The third-order valence-corrected chi connectivity index (χ3v) is 3.47. The van der Waals surface area contributed by atoms with Crippen LogP contribution in [0.1, 0.15) is 5.56 Å². The van der Waals surface area contributed by atoms with E-state index >= 15 is 0 Å². The van der Waals surface area contributed by atoms with E-state index in [1.165, 1.54) is 6.07 Å². The van der Waals surface area contributed by atoms with Crippen molar-refractivity contribution in [3.05, 3.63) is 66.1 Å². The predicted molar refractivity (Wildman–Crippen MR) is 81.7 cm³/mol. The lowest BCUT2D eigenvalue weighted by atomic mass is 10.2. The number of aromatic nitrogens is 1. The number of fused-ring (bicyclic) bond motifs is 1. The van der Waals surface area contributed by atoms with Gasteiger partial charge in [0.2, 0.25) is 0 Å². The molecule has 0 aliphatic rings. The van der Waals surface area contributed by atoms with Crippen molar-refractivity contribution < 1.29 is 9.13 Å². The van der Waals surface area contributed by atoms with Gasteiger partial charge in [0.1, 0.15) is 18.2 Å². The zero-order valence-corrected chi connectivity index (χ0v) is 11.6. The van der Waals surface area contributed by atoms with Gasteiger partial charge in [0, 0.05) is 12.7 Å². The van der Waals surface area contributed by atoms with E-state index in [9.17, 15) is 4.39 Å². The number of hydrogen-bond donors (Lipinski definition) is 1. The summed E-state index contributed by atoms with van der Waals surface area (Å²) in [5.74, 6) is 0.583. The second-order valence-corrected chi connectivity index (χ2v) is 4.91. The van der Waals surface area contributed by atoms with E-state index in [1.54, 1.807) is 12.1 Å². The van der Waals surface area contributed by atoms with Gasteiger partial charge in [0.25, 0.3) is 0 Å². The van der Waals surface area contributed by atoms with Gasteiger partial charge in [-0.1, -0.05) is 12.1 Å². The summed E-state index contributed by atoms with van der Waals surface area (Å²) in [6.45, 7) is 1.69. The Labute approximate surface area is 122 Å². The number of hydrogen-bond acceptors (Lipinski definition) is 2. The van der Waals surface area contributed by atoms with Gasteiger partial charge in [-0.25, -0.2) is 4.39 Å². The van der Waals surface area contributed by atoms with Gasteiger partial charge in [0.15, 0.2) is 0 Å². The zero-order valence-electron chi connectivity index (χ0n) is 11.6. The summed E-state index contributed by atoms with van der Waals surface area (Å²) < 4.78 is 21.0. The van der Waals surface area contributed by atoms with E-state index in [0.29, 0.717) is 19.7 Å². The Kier molecular flexibility index (Phi) is 3.88. The van der Waals surface area contributed by atoms with Gasteiger partial charge in [-0.15, -0.1) is 0 Å². The Balaban J connectivity index is 1.67. The highest BCUT2D eigenvalue weighted by Crippen LogP contribution is 2.17. The molecular formula is C17H17FN2O. The number of halogens is 1. The highest BCUT2D eigenvalue weighted by molar-refractivity contribution is 5.80. The van der Waals surface area contributed by atoms with E-state index in [-0.39, 0.29) is 5.82 Å². The van der Waals surface area contributed by atoms with Crippen LogP contribution in [-0.4, -0.2) is 11.2 Å². The summed E-state index contributed by atoms with van der Waals surface area (Å²) in [7, 11) is 0. The molecule has 0 radical (unpaired) electrons. The Morgan fingerprint density at radius 3 is 2.86 bits per heavy atom. The number of benzene rings is 2. The average molecular weight is 284 g/mol. The van der Waals surface area contributed by atoms with Crippen molar-refractivity contribution in [2.45, 2.75) is 13.1 Å². The first-order valence-corrected chi connectivity index (χ1v) is 6.92. The van der Waals surface area contributed by atoms with Crippen LogP contribution in [0.3, 0.4) is 0 Å².